The Bertz CT molecular complexity index is 888. The van der Waals surface area contributed by atoms with E-state index in [1.807, 2.05) is 55.5 Å². The van der Waals surface area contributed by atoms with Gasteiger partial charge in [0.25, 0.3) is 0 Å². The van der Waals surface area contributed by atoms with Gasteiger partial charge in [0.1, 0.15) is 5.75 Å². The summed E-state index contributed by atoms with van der Waals surface area (Å²) in [7, 11) is 1.63. The van der Waals surface area contributed by atoms with Gasteiger partial charge in [-0.3, -0.25) is 4.79 Å². The highest BCUT2D eigenvalue weighted by molar-refractivity contribution is 5.76. The lowest BCUT2D eigenvalue weighted by Gasteiger charge is -2.05. The number of hydrogen-bond acceptors (Lipinski definition) is 5. The van der Waals surface area contributed by atoms with Gasteiger partial charge in [-0.1, -0.05) is 41.1 Å². The fourth-order valence-corrected chi connectivity index (χ4v) is 2.71. The smallest absolute Gasteiger partial charge is 0.228 e. The summed E-state index contributed by atoms with van der Waals surface area (Å²) >= 11 is 0. The maximum Gasteiger partial charge on any atom is 0.228 e. The second-order valence-electron chi connectivity index (χ2n) is 6.33. The van der Waals surface area contributed by atoms with Crippen LogP contribution in [0.3, 0.4) is 0 Å². The number of benzene rings is 2. The minimum atomic E-state index is 0.00393. The lowest BCUT2D eigenvalue weighted by Crippen LogP contribution is -2.25. The number of hydrogen-bond donors (Lipinski definition) is 1. The highest BCUT2D eigenvalue weighted by Gasteiger charge is 2.09. The highest BCUT2D eigenvalue weighted by Crippen LogP contribution is 2.17. The first-order valence-corrected chi connectivity index (χ1v) is 8.93. The van der Waals surface area contributed by atoms with Gasteiger partial charge < -0.3 is 14.6 Å². The van der Waals surface area contributed by atoms with Crippen LogP contribution in [0.25, 0.3) is 11.4 Å². The molecule has 0 saturated carbocycles. The number of aryl methyl sites for hydroxylation is 2. The summed E-state index contributed by atoms with van der Waals surface area (Å²) in [5, 5.41) is 6.90. The molecule has 0 saturated heterocycles. The largest absolute Gasteiger partial charge is 0.497 e. The van der Waals surface area contributed by atoms with Crippen molar-refractivity contribution in [2.45, 2.75) is 26.2 Å². The predicted molar refractivity (Wildman–Crippen MR) is 102 cm³/mol. The molecule has 0 unspecified atom stereocenters. The highest BCUT2D eigenvalue weighted by atomic mass is 16.5. The number of ether oxygens (including phenoxy) is 1. The number of nitrogens with zero attached hydrogens (tertiary/aromatic N) is 2. The van der Waals surface area contributed by atoms with Crippen molar-refractivity contribution in [3.8, 4) is 17.1 Å². The van der Waals surface area contributed by atoms with E-state index in [4.69, 9.17) is 9.26 Å². The quantitative estimate of drug-likeness (QED) is 0.662. The van der Waals surface area contributed by atoms with E-state index in [0.717, 1.165) is 22.4 Å². The molecule has 6 nitrogen and oxygen atoms in total. The lowest BCUT2D eigenvalue weighted by molar-refractivity contribution is -0.121. The van der Waals surface area contributed by atoms with Gasteiger partial charge in [0.15, 0.2) is 0 Å². The Morgan fingerprint density at radius 3 is 2.70 bits per heavy atom. The third-order valence-electron chi connectivity index (χ3n) is 4.21. The summed E-state index contributed by atoms with van der Waals surface area (Å²) < 4.78 is 10.4. The van der Waals surface area contributed by atoms with E-state index >= 15 is 0 Å². The van der Waals surface area contributed by atoms with Crippen LogP contribution in [0.15, 0.2) is 53.1 Å². The van der Waals surface area contributed by atoms with E-state index in [1.54, 1.807) is 7.11 Å². The average Bonchev–Trinajstić information content (AvgIpc) is 3.16. The molecule has 1 aromatic heterocycles. The molecule has 0 atom stereocenters. The Kier molecular flexibility index (Phi) is 6.20. The van der Waals surface area contributed by atoms with Crippen LogP contribution in [0.5, 0.6) is 5.75 Å². The van der Waals surface area contributed by atoms with E-state index in [0.29, 0.717) is 37.5 Å². The van der Waals surface area contributed by atoms with Crippen molar-refractivity contribution < 1.29 is 14.1 Å². The first-order chi connectivity index (χ1) is 13.1. The Morgan fingerprint density at radius 1 is 1.15 bits per heavy atom. The maximum atomic E-state index is 12.0. The van der Waals surface area contributed by atoms with E-state index in [9.17, 15) is 4.79 Å². The Morgan fingerprint density at radius 2 is 1.96 bits per heavy atom. The van der Waals surface area contributed by atoms with Crippen LogP contribution in [0.4, 0.5) is 0 Å². The van der Waals surface area contributed by atoms with Crippen molar-refractivity contribution in [3.63, 3.8) is 0 Å². The molecule has 3 aromatic rings. The van der Waals surface area contributed by atoms with Crippen molar-refractivity contribution >= 4 is 5.91 Å². The van der Waals surface area contributed by atoms with Gasteiger partial charge in [0.2, 0.25) is 17.6 Å². The summed E-state index contributed by atoms with van der Waals surface area (Å²) in [6.07, 6.45) is 1.63. The van der Waals surface area contributed by atoms with Gasteiger partial charge in [0, 0.05) is 24.9 Å². The van der Waals surface area contributed by atoms with Crippen LogP contribution in [-0.2, 0) is 17.6 Å². The van der Waals surface area contributed by atoms with Crippen LogP contribution in [-0.4, -0.2) is 29.7 Å². The van der Waals surface area contributed by atoms with Crippen molar-refractivity contribution in [3.05, 3.63) is 65.5 Å². The second kappa shape index (κ2) is 8.98. The lowest BCUT2D eigenvalue weighted by atomic mass is 10.1. The van der Waals surface area contributed by atoms with Gasteiger partial charge in [0.05, 0.1) is 7.11 Å². The van der Waals surface area contributed by atoms with Crippen LogP contribution in [0.1, 0.15) is 23.4 Å². The fraction of sp³-hybridized carbons (Fsp3) is 0.286. The van der Waals surface area contributed by atoms with Gasteiger partial charge in [-0.05, 0) is 37.1 Å². The standard InChI is InChI=1S/C21H23N3O3/c1-15-4-3-5-17(14-15)21-23-20(27-24-21)12-13-22-19(25)11-8-16-6-9-18(26-2)10-7-16/h3-7,9-10,14H,8,11-13H2,1-2H3,(H,22,25). The van der Waals surface area contributed by atoms with Crippen LogP contribution < -0.4 is 10.1 Å². The number of nitrogens with one attached hydrogen (secondary N) is 1. The van der Waals surface area contributed by atoms with E-state index in [-0.39, 0.29) is 5.91 Å². The number of carbonyl (C=O) groups excluding carboxylic acids is 1. The van der Waals surface area contributed by atoms with E-state index < -0.39 is 0 Å². The molecule has 1 amide bonds. The monoisotopic (exact) mass is 365 g/mol. The zero-order chi connectivity index (χ0) is 19.1. The zero-order valence-corrected chi connectivity index (χ0v) is 15.6. The summed E-state index contributed by atoms with van der Waals surface area (Å²) in [5.41, 5.74) is 3.17. The maximum absolute atomic E-state index is 12.0. The van der Waals surface area contributed by atoms with Crippen LogP contribution >= 0.6 is 0 Å². The van der Waals surface area contributed by atoms with Crippen LogP contribution in [0.2, 0.25) is 0 Å². The molecule has 1 heterocycles. The topological polar surface area (TPSA) is 77.2 Å². The van der Waals surface area contributed by atoms with Gasteiger partial charge in [-0.25, -0.2) is 0 Å². The number of methoxy groups -OCH3 is 1. The Balaban J connectivity index is 1.42. The number of aromatic nitrogens is 2. The molecule has 0 aliphatic heterocycles. The molecular formula is C21H23N3O3. The molecule has 0 radical (unpaired) electrons. The van der Waals surface area contributed by atoms with Gasteiger partial charge in [-0.2, -0.15) is 4.98 Å². The fourth-order valence-electron chi connectivity index (χ4n) is 2.71. The normalized spacial score (nSPS) is 10.6. The number of carbonyl (C=O) groups is 1. The molecule has 27 heavy (non-hydrogen) atoms. The molecule has 1 N–H and O–H groups in total. The SMILES string of the molecule is COc1ccc(CCC(=O)NCCc2nc(-c3cccc(C)c3)no2)cc1. The molecule has 0 fully saturated rings. The first-order valence-electron chi connectivity index (χ1n) is 8.93. The third kappa shape index (κ3) is 5.41. The molecule has 0 spiro atoms. The molecule has 140 valence electrons. The van der Waals surface area contributed by atoms with E-state index in [1.165, 1.54) is 0 Å². The second-order valence-corrected chi connectivity index (χ2v) is 6.33. The van der Waals surface area contributed by atoms with Gasteiger partial charge >= 0.3 is 0 Å². The molecule has 3 rings (SSSR count). The minimum absolute atomic E-state index is 0.00393. The zero-order valence-electron chi connectivity index (χ0n) is 15.6. The van der Waals surface area contributed by atoms with Crippen molar-refractivity contribution in [2.24, 2.45) is 0 Å². The molecule has 0 bridgehead atoms. The van der Waals surface area contributed by atoms with Crippen molar-refractivity contribution in [2.75, 3.05) is 13.7 Å². The summed E-state index contributed by atoms with van der Waals surface area (Å²) in [5.74, 6) is 1.90. The van der Waals surface area contributed by atoms with Gasteiger partial charge in [-0.15, -0.1) is 0 Å². The summed E-state index contributed by atoms with van der Waals surface area (Å²) in [4.78, 5) is 16.4. The Hall–Kier alpha value is -3.15. The van der Waals surface area contributed by atoms with E-state index in [2.05, 4.69) is 15.5 Å². The number of amides is 1. The van der Waals surface area contributed by atoms with Crippen molar-refractivity contribution in [1.29, 1.82) is 0 Å². The molecule has 0 aliphatic carbocycles. The molecule has 6 heteroatoms. The van der Waals surface area contributed by atoms with Crippen LogP contribution in [0, 0.1) is 6.92 Å². The molecule has 2 aromatic carbocycles. The average molecular weight is 365 g/mol. The first kappa shape index (κ1) is 18.6. The number of rotatable bonds is 8. The minimum Gasteiger partial charge on any atom is -0.497 e. The Labute approximate surface area is 158 Å². The van der Waals surface area contributed by atoms with Crippen molar-refractivity contribution in [1.82, 2.24) is 15.5 Å². The predicted octanol–water partition coefficient (Wildman–Crippen LogP) is 3.35. The molecular weight excluding hydrogens is 342 g/mol. The summed E-state index contributed by atoms with van der Waals surface area (Å²) in [6.45, 7) is 2.49. The summed E-state index contributed by atoms with van der Waals surface area (Å²) in [6, 6.07) is 15.7. The third-order valence-corrected chi connectivity index (χ3v) is 4.21. The molecule has 0 aliphatic rings.